The first-order chi connectivity index (χ1) is 15.6. The Morgan fingerprint density at radius 3 is 2.24 bits per heavy atom. The molecule has 1 N–H and O–H groups in total. The molecular weight excluding hydrogens is 410 g/mol. The van der Waals surface area contributed by atoms with E-state index in [1.807, 2.05) is 43.3 Å². The second-order valence-electron chi connectivity index (χ2n) is 10.1. The van der Waals surface area contributed by atoms with E-state index in [1.165, 1.54) is 5.56 Å². The average molecular weight is 448 g/mol. The van der Waals surface area contributed by atoms with E-state index in [9.17, 15) is 14.7 Å². The number of hydrogen-bond acceptors (Lipinski definition) is 3. The summed E-state index contributed by atoms with van der Waals surface area (Å²) in [7, 11) is 0. The van der Waals surface area contributed by atoms with Crippen LogP contribution in [0.1, 0.15) is 87.7 Å². The van der Waals surface area contributed by atoms with Gasteiger partial charge in [0, 0.05) is 12.1 Å². The summed E-state index contributed by atoms with van der Waals surface area (Å²) in [6.07, 6.45) is 3.75. The van der Waals surface area contributed by atoms with Gasteiger partial charge >= 0.3 is 0 Å². The Bertz CT molecular complexity index is 1060. The molecule has 4 heteroatoms. The first-order valence-electron chi connectivity index (χ1n) is 12.1. The van der Waals surface area contributed by atoms with E-state index in [-0.39, 0.29) is 16.7 Å². The predicted molar refractivity (Wildman–Crippen MR) is 134 cm³/mol. The number of unbranched alkanes of at least 4 members (excludes halogenated alkanes) is 2. The second-order valence-corrected chi connectivity index (χ2v) is 10.1. The molecule has 0 radical (unpaired) electrons. The molecule has 1 aliphatic heterocycles. The topological polar surface area (TPSA) is 57.6 Å². The summed E-state index contributed by atoms with van der Waals surface area (Å²) in [5.41, 5.74) is 4.68. The van der Waals surface area contributed by atoms with Crippen molar-refractivity contribution < 1.29 is 14.7 Å². The molecule has 1 saturated heterocycles. The molecule has 0 spiro atoms. The molecule has 1 aliphatic rings. The van der Waals surface area contributed by atoms with Gasteiger partial charge in [-0.15, -0.1) is 0 Å². The lowest BCUT2D eigenvalue weighted by atomic mass is 9.84. The minimum absolute atomic E-state index is 0.0838. The van der Waals surface area contributed by atoms with Crippen LogP contribution in [-0.4, -0.2) is 28.2 Å². The fraction of sp³-hybridized carbons (Fsp3) is 0.448. The van der Waals surface area contributed by atoms with Gasteiger partial charge < -0.3 is 10.0 Å². The number of Topliss-reactive ketones (excluding diaryl/α,β-unsaturated/α-hetero) is 1. The predicted octanol–water partition coefficient (Wildman–Crippen LogP) is 6.47. The zero-order valence-electron chi connectivity index (χ0n) is 20.9. The van der Waals surface area contributed by atoms with E-state index in [1.54, 1.807) is 4.90 Å². The molecular formula is C29H37NO3. The Morgan fingerprint density at radius 1 is 1.00 bits per heavy atom. The maximum Gasteiger partial charge on any atom is 0.295 e. The smallest absolute Gasteiger partial charge is 0.295 e. The van der Waals surface area contributed by atoms with Crippen LogP contribution in [0.2, 0.25) is 0 Å². The van der Waals surface area contributed by atoms with Gasteiger partial charge in [0.25, 0.3) is 11.7 Å². The Hall–Kier alpha value is -2.88. The van der Waals surface area contributed by atoms with Gasteiger partial charge in [0.1, 0.15) is 5.76 Å². The number of aliphatic hydroxyl groups excluding tert-OH is 1. The third-order valence-electron chi connectivity index (χ3n) is 6.60. The van der Waals surface area contributed by atoms with Crippen LogP contribution in [0.4, 0.5) is 0 Å². The second kappa shape index (κ2) is 9.94. The highest BCUT2D eigenvalue weighted by Gasteiger charge is 2.45. The van der Waals surface area contributed by atoms with Gasteiger partial charge in [0.05, 0.1) is 11.6 Å². The van der Waals surface area contributed by atoms with Crippen LogP contribution >= 0.6 is 0 Å². The van der Waals surface area contributed by atoms with Crippen LogP contribution in [0.25, 0.3) is 5.76 Å². The quantitative estimate of drug-likeness (QED) is 0.229. The first-order valence-corrected chi connectivity index (χ1v) is 12.1. The van der Waals surface area contributed by atoms with Crippen molar-refractivity contribution in [2.45, 2.75) is 78.7 Å². The van der Waals surface area contributed by atoms with Gasteiger partial charge in [-0.2, -0.15) is 0 Å². The lowest BCUT2D eigenvalue weighted by Crippen LogP contribution is -2.30. The van der Waals surface area contributed by atoms with Gasteiger partial charge in [-0.05, 0) is 53.5 Å². The number of amides is 1. The van der Waals surface area contributed by atoms with Crippen molar-refractivity contribution in [2.75, 3.05) is 6.54 Å². The van der Waals surface area contributed by atoms with Gasteiger partial charge in [-0.3, -0.25) is 9.59 Å². The fourth-order valence-electron chi connectivity index (χ4n) is 4.41. The van der Waals surface area contributed by atoms with Crippen molar-refractivity contribution in [1.82, 2.24) is 4.90 Å². The first kappa shape index (κ1) is 24.8. The molecule has 3 rings (SSSR count). The number of hydrogen-bond donors (Lipinski definition) is 1. The highest BCUT2D eigenvalue weighted by molar-refractivity contribution is 6.46. The summed E-state index contributed by atoms with van der Waals surface area (Å²) in [6, 6.07) is 13.4. The maximum absolute atomic E-state index is 13.3. The van der Waals surface area contributed by atoms with Crippen LogP contribution < -0.4 is 0 Å². The number of aryl methyl sites for hydroxylation is 2. The Balaban J connectivity index is 2.18. The van der Waals surface area contributed by atoms with E-state index in [0.29, 0.717) is 12.1 Å². The van der Waals surface area contributed by atoms with Crippen molar-refractivity contribution in [3.63, 3.8) is 0 Å². The molecule has 1 atom stereocenters. The van der Waals surface area contributed by atoms with Crippen LogP contribution in [-0.2, 0) is 21.4 Å². The summed E-state index contributed by atoms with van der Waals surface area (Å²) in [6.45, 7) is 13.0. The fourth-order valence-corrected chi connectivity index (χ4v) is 4.41. The zero-order valence-corrected chi connectivity index (χ0v) is 20.9. The highest BCUT2D eigenvalue weighted by Crippen LogP contribution is 2.40. The zero-order chi connectivity index (χ0) is 24.3. The van der Waals surface area contributed by atoms with Crippen LogP contribution in [0.15, 0.2) is 48.0 Å². The number of benzene rings is 2. The monoisotopic (exact) mass is 447 g/mol. The lowest BCUT2D eigenvalue weighted by molar-refractivity contribution is -0.139. The standard InChI is InChI=1S/C29H37NO3/c1-7-9-10-17-30-25(21-14-12-20(8-2)13-15-21)24(27(32)28(30)33)26(31)23-18-22(29(4,5)6)16-11-19(23)3/h11-16,18,25,31H,7-10,17H2,1-6H3/b26-24+. The molecule has 0 saturated carbocycles. The van der Waals surface area contributed by atoms with E-state index >= 15 is 0 Å². The van der Waals surface area contributed by atoms with Gasteiger partial charge in [0.15, 0.2) is 0 Å². The van der Waals surface area contributed by atoms with Gasteiger partial charge in [-0.1, -0.05) is 83.9 Å². The largest absolute Gasteiger partial charge is 0.507 e. The molecule has 0 aromatic heterocycles. The molecule has 176 valence electrons. The molecule has 1 amide bonds. The average Bonchev–Trinajstić information content (AvgIpc) is 3.03. The molecule has 2 aromatic carbocycles. The number of ketones is 1. The number of likely N-dealkylation sites (tertiary alicyclic amines) is 1. The number of aliphatic hydroxyl groups is 1. The van der Waals surface area contributed by atoms with Crippen LogP contribution in [0.3, 0.4) is 0 Å². The summed E-state index contributed by atoms with van der Waals surface area (Å²) < 4.78 is 0. The summed E-state index contributed by atoms with van der Waals surface area (Å²) in [5.74, 6) is -1.21. The molecule has 1 unspecified atom stereocenters. The lowest BCUT2D eigenvalue weighted by Gasteiger charge is -2.26. The maximum atomic E-state index is 13.3. The molecule has 2 aromatic rings. The molecule has 0 bridgehead atoms. The van der Waals surface area contributed by atoms with Crippen molar-refractivity contribution in [1.29, 1.82) is 0 Å². The van der Waals surface area contributed by atoms with E-state index < -0.39 is 17.7 Å². The molecule has 0 aliphatic carbocycles. The molecule has 4 nitrogen and oxygen atoms in total. The van der Waals surface area contributed by atoms with E-state index in [2.05, 4.69) is 40.7 Å². The molecule has 33 heavy (non-hydrogen) atoms. The normalized spacial score (nSPS) is 18.2. The Kier molecular flexibility index (Phi) is 7.46. The van der Waals surface area contributed by atoms with Crippen molar-refractivity contribution >= 4 is 17.4 Å². The minimum Gasteiger partial charge on any atom is -0.507 e. The Labute approximate surface area is 198 Å². The SMILES string of the molecule is CCCCCN1C(=O)C(=O)/C(=C(/O)c2cc(C(C)(C)C)ccc2C)C1c1ccc(CC)cc1. The molecule has 1 fully saturated rings. The van der Waals surface area contributed by atoms with Gasteiger partial charge in [0.2, 0.25) is 0 Å². The summed E-state index contributed by atoms with van der Waals surface area (Å²) >= 11 is 0. The third-order valence-corrected chi connectivity index (χ3v) is 6.60. The summed E-state index contributed by atoms with van der Waals surface area (Å²) in [5, 5.41) is 11.5. The van der Waals surface area contributed by atoms with Crippen molar-refractivity contribution in [3.8, 4) is 0 Å². The number of carbonyl (C=O) groups is 2. The number of rotatable bonds is 7. The van der Waals surface area contributed by atoms with Crippen LogP contribution in [0, 0.1) is 6.92 Å². The number of carbonyl (C=O) groups excluding carboxylic acids is 2. The Morgan fingerprint density at radius 2 is 1.67 bits per heavy atom. The number of nitrogens with zero attached hydrogens (tertiary/aromatic N) is 1. The highest BCUT2D eigenvalue weighted by atomic mass is 16.3. The third kappa shape index (κ3) is 5.05. The van der Waals surface area contributed by atoms with E-state index in [0.717, 1.165) is 42.4 Å². The van der Waals surface area contributed by atoms with Crippen molar-refractivity contribution in [2.24, 2.45) is 0 Å². The molecule has 1 heterocycles. The van der Waals surface area contributed by atoms with Crippen molar-refractivity contribution in [3.05, 3.63) is 75.9 Å². The van der Waals surface area contributed by atoms with Crippen LogP contribution in [0.5, 0.6) is 0 Å². The summed E-state index contributed by atoms with van der Waals surface area (Å²) in [4.78, 5) is 28.0. The van der Waals surface area contributed by atoms with Gasteiger partial charge in [-0.25, -0.2) is 0 Å². The van der Waals surface area contributed by atoms with E-state index in [4.69, 9.17) is 0 Å². The minimum atomic E-state index is -0.603.